The summed E-state index contributed by atoms with van der Waals surface area (Å²) in [4.78, 5) is 37.0. The number of carbonyl (C=O) groups excluding carboxylic acids is 2. The number of nitrogens with zero attached hydrogens (tertiary/aromatic N) is 2. The maximum atomic E-state index is 12.3. The van der Waals surface area contributed by atoms with E-state index in [1.807, 2.05) is 0 Å². The normalized spacial score (nSPS) is 16.6. The number of carbonyl (C=O) groups is 2. The fourth-order valence-electron chi connectivity index (χ4n) is 3.02. The van der Waals surface area contributed by atoms with Gasteiger partial charge in [0.2, 0.25) is 11.8 Å². The quantitative estimate of drug-likeness (QED) is 0.838. The van der Waals surface area contributed by atoms with E-state index < -0.39 is 11.9 Å². The van der Waals surface area contributed by atoms with Gasteiger partial charge in [0.25, 0.3) is 5.56 Å². The lowest BCUT2D eigenvalue weighted by atomic mass is 10.2. The Morgan fingerprint density at radius 1 is 1.16 bits per heavy atom. The Labute approximate surface area is 145 Å². The van der Waals surface area contributed by atoms with Crippen molar-refractivity contribution in [3.05, 3.63) is 59.0 Å². The molecular formula is C18H20N4O3. The van der Waals surface area contributed by atoms with Crippen molar-refractivity contribution in [1.82, 2.24) is 9.47 Å². The van der Waals surface area contributed by atoms with E-state index in [1.54, 1.807) is 42.6 Å². The first-order valence-electron chi connectivity index (χ1n) is 8.17. The lowest BCUT2D eigenvalue weighted by Crippen LogP contribution is -2.45. The molecule has 2 amide bonds. The van der Waals surface area contributed by atoms with Gasteiger partial charge >= 0.3 is 0 Å². The molecule has 3 N–H and O–H groups in total. The smallest absolute Gasteiger partial charge is 0.255 e. The third-order valence-corrected chi connectivity index (χ3v) is 4.31. The van der Waals surface area contributed by atoms with Crippen molar-refractivity contribution >= 4 is 17.5 Å². The molecule has 0 unspecified atom stereocenters. The zero-order valence-electron chi connectivity index (χ0n) is 13.7. The molecule has 7 heteroatoms. The molecule has 0 spiro atoms. The first-order valence-corrected chi connectivity index (χ1v) is 8.17. The number of anilines is 1. The van der Waals surface area contributed by atoms with Crippen LogP contribution in [0.15, 0.2) is 53.5 Å². The van der Waals surface area contributed by atoms with E-state index in [-0.39, 0.29) is 18.0 Å². The SMILES string of the molecule is NC(=O)[C@H]1CCCN1C(=O)CNc1ccc(-n2ccccc2=O)cc1. The highest BCUT2D eigenvalue weighted by atomic mass is 16.2. The minimum atomic E-state index is -0.498. The first kappa shape index (κ1) is 16.8. The molecule has 0 aliphatic carbocycles. The number of nitrogens with two attached hydrogens (primary N) is 1. The maximum Gasteiger partial charge on any atom is 0.255 e. The molecular weight excluding hydrogens is 320 g/mol. The summed E-state index contributed by atoms with van der Waals surface area (Å²) >= 11 is 0. The first-order chi connectivity index (χ1) is 12.1. The molecule has 1 saturated heterocycles. The minimum absolute atomic E-state index is 0.0917. The molecule has 0 saturated carbocycles. The van der Waals surface area contributed by atoms with Gasteiger partial charge in [-0.15, -0.1) is 0 Å². The fraction of sp³-hybridized carbons (Fsp3) is 0.278. The van der Waals surface area contributed by atoms with Crippen molar-refractivity contribution in [2.75, 3.05) is 18.4 Å². The third kappa shape index (κ3) is 3.71. The summed E-state index contributed by atoms with van der Waals surface area (Å²) in [5.41, 5.74) is 6.74. The van der Waals surface area contributed by atoms with Crippen LogP contribution in [0.3, 0.4) is 0 Å². The van der Waals surface area contributed by atoms with E-state index in [0.29, 0.717) is 13.0 Å². The molecule has 0 radical (unpaired) electrons. The molecule has 25 heavy (non-hydrogen) atoms. The van der Waals surface area contributed by atoms with E-state index in [1.165, 1.54) is 15.5 Å². The van der Waals surface area contributed by atoms with E-state index in [0.717, 1.165) is 17.8 Å². The number of pyridine rings is 1. The number of likely N-dealkylation sites (tertiary alicyclic amines) is 1. The summed E-state index contributed by atoms with van der Waals surface area (Å²) in [6, 6.07) is 11.7. The molecule has 130 valence electrons. The number of benzene rings is 1. The van der Waals surface area contributed by atoms with Crippen molar-refractivity contribution in [3.63, 3.8) is 0 Å². The highest BCUT2D eigenvalue weighted by Gasteiger charge is 2.32. The molecule has 1 aliphatic rings. The van der Waals surface area contributed by atoms with Gasteiger partial charge in [-0.2, -0.15) is 0 Å². The maximum absolute atomic E-state index is 12.3. The summed E-state index contributed by atoms with van der Waals surface area (Å²) in [5.74, 6) is -0.604. The Morgan fingerprint density at radius 3 is 2.60 bits per heavy atom. The van der Waals surface area contributed by atoms with Crippen LogP contribution in [-0.2, 0) is 9.59 Å². The summed E-state index contributed by atoms with van der Waals surface area (Å²) in [7, 11) is 0. The molecule has 1 aromatic carbocycles. The average molecular weight is 340 g/mol. The zero-order valence-corrected chi connectivity index (χ0v) is 13.7. The van der Waals surface area contributed by atoms with Crippen molar-refractivity contribution in [1.29, 1.82) is 0 Å². The summed E-state index contributed by atoms with van der Waals surface area (Å²) in [6.45, 7) is 0.651. The van der Waals surface area contributed by atoms with Gasteiger partial charge in [-0.25, -0.2) is 0 Å². The lowest BCUT2D eigenvalue weighted by Gasteiger charge is -2.22. The monoisotopic (exact) mass is 340 g/mol. The summed E-state index contributed by atoms with van der Waals surface area (Å²) in [6.07, 6.45) is 3.12. The summed E-state index contributed by atoms with van der Waals surface area (Å²) < 4.78 is 1.54. The Hall–Kier alpha value is -3.09. The second-order valence-corrected chi connectivity index (χ2v) is 5.96. The molecule has 1 aliphatic heterocycles. The standard InChI is InChI=1S/C18H20N4O3/c19-18(25)15-4-3-11-22(15)17(24)12-20-13-6-8-14(9-7-13)21-10-2-1-5-16(21)23/h1-2,5-10,15,20H,3-4,11-12H2,(H2,19,25)/t15-/m1/s1. The molecule has 7 nitrogen and oxygen atoms in total. The van der Waals surface area contributed by atoms with E-state index in [4.69, 9.17) is 5.73 Å². The van der Waals surface area contributed by atoms with Crippen LogP contribution >= 0.6 is 0 Å². The van der Waals surface area contributed by atoms with Gasteiger partial charge in [0.05, 0.1) is 6.54 Å². The molecule has 2 aromatic rings. The molecule has 3 rings (SSSR count). The molecule has 1 aromatic heterocycles. The van der Waals surface area contributed by atoms with Gasteiger partial charge in [0.15, 0.2) is 0 Å². The molecule has 2 heterocycles. The van der Waals surface area contributed by atoms with Crippen LogP contribution in [0.25, 0.3) is 5.69 Å². The molecule has 1 atom stereocenters. The van der Waals surface area contributed by atoms with Crippen LogP contribution in [-0.4, -0.2) is 40.4 Å². The van der Waals surface area contributed by atoms with Crippen LogP contribution in [0.1, 0.15) is 12.8 Å². The van der Waals surface area contributed by atoms with Crippen molar-refractivity contribution < 1.29 is 9.59 Å². The van der Waals surface area contributed by atoms with Gasteiger partial charge in [0, 0.05) is 30.2 Å². The average Bonchev–Trinajstić information content (AvgIpc) is 3.11. The number of primary amides is 1. The van der Waals surface area contributed by atoms with Crippen LogP contribution in [0.5, 0.6) is 0 Å². The fourth-order valence-corrected chi connectivity index (χ4v) is 3.02. The van der Waals surface area contributed by atoms with Gasteiger partial charge in [-0.05, 0) is 43.2 Å². The van der Waals surface area contributed by atoms with E-state index >= 15 is 0 Å². The number of rotatable bonds is 5. The Bertz CT molecular complexity index is 829. The van der Waals surface area contributed by atoms with Crippen molar-refractivity contribution in [2.45, 2.75) is 18.9 Å². The second-order valence-electron chi connectivity index (χ2n) is 5.96. The van der Waals surface area contributed by atoms with Gasteiger partial charge in [-0.1, -0.05) is 6.07 Å². The number of hydrogen-bond donors (Lipinski definition) is 2. The van der Waals surface area contributed by atoms with Gasteiger partial charge < -0.3 is 16.0 Å². The minimum Gasteiger partial charge on any atom is -0.376 e. The number of amides is 2. The largest absolute Gasteiger partial charge is 0.376 e. The third-order valence-electron chi connectivity index (χ3n) is 4.31. The van der Waals surface area contributed by atoms with Crippen molar-refractivity contribution in [2.24, 2.45) is 5.73 Å². The Balaban J connectivity index is 1.62. The zero-order chi connectivity index (χ0) is 17.8. The van der Waals surface area contributed by atoms with Gasteiger partial charge in [-0.3, -0.25) is 19.0 Å². The van der Waals surface area contributed by atoms with Gasteiger partial charge in [0.1, 0.15) is 6.04 Å². The van der Waals surface area contributed by atoms with Crippen molar-refractivity contribution in [3.8, 4) is 5.69 Å². The van der Waals surface area contributed by atoms with E-state index in [2.05, 4.69) is 5.32 Å². The number of nitrogens with one attached hydrogen (secondary N) is 1. The van der Waals surface area contributed by atoms with Crippen LogP contribution in [0.2, 0.25) is 0 Å². The molecule has 0 bridgehead atoms. The number of aromatic nitrogens is 1. The Kier molecular flexibility index (Phi) is 4.83. The lowest BCUT2D eigenvalue weighted by molar-refractivity contribution is -0.135. The molecule has 1 fully saturated rings. The van der Waals surface area contributed by atoms with Crippen LogP contribution < -0.4 is 16.6 Å². The predicted octanol–water partition coefficient (Wildman–Crippen LogP) is 0.726. The van der Waals surface area contributed by atoms with Crippen LogP contribution in [0.4, 0.5) is 5.69 Å². The topological polar surface area (TPSA) is 97.4 Å². The van der Waals surface area contributed by atoms with Crippen LogP contribution in [0, 0.1) is 0 Å². The predicted molar refractivity (Wildman–Crippen MR) is 94.5 cm³/mol. The van der Waals surface area contributed by atoms with E-state index in [9.17, 15) is 14.4 Å². The highest BCUT2D eigenvalue weighted by molar-refractivity contribution is 5.89. The highest BCUT2D eigenvalue weighted by Crippen LogP contribution is 2.17. The summed E-state index contributed by atoms with van der Waals surface area (Å²) in [5, 5.41) is 3.04. The second kappa shape index (κ2) is 7.21. The Morgan fingerprint density at radius 2 is 1.92 bits per heavy atom. The number of hydrogen-bond acceptors (Lipinski definition) is 4.